The lowest BCUT2D eigenvalue weighted by atomic mass is 9.93. The van der Waals surface area contributed by atoms with E-state index in [9.17, 15) is 21.2 Å². The number of nitrogens with two attached hydrogens (primary N) is 1. The first-order chi connectivity index (χ1) is 11.6. The molecule has 1 atom stereocenters. The Kier molecular flexibility index (Phi) is 5.12. The quantitative estimate of drug-likeness (QED) is 0.770. The third kappa shape index (κ3) is 4.15. The SMILES string of the molecule is CC1(C)OC(=N[C@@H](CS(N)(=O)=O)c2ccc(F)cc2)NS(=O)(=O)C1(C)C. The van der Waals surface area contributed by atoms with Crippen molar-refractivity contribution >= 4 is 26.1 Å². The fourth-order valence-corrected chi connectivity index (χ4v) is 4.23. The molecule has 1 aromatic carbocycles. The molecule has 1 aliphatic rings. The van der Waals surface area contributed by atoms with Crippen molar-refractivity contribution in [2.75, 3.05) is 5.75 Å². The van der Waals surface area contributed by atoms with Crippen LogP contribution in [0, 0.1) is 5.82 Å². The van der Waals surface area contributed by atoms with Gasteiger partial charge in [-0.2, -0.15) is 0 Å². The van der Waals surface area contributed by atoms with Crippen molar-refractivity contribution in [3.8, 4) is 0 Å². The molecular weight excluding hydrogens is 385 g/mol. The number of hydrogen-bond acceptors (Lipinski definition) is 6. The number of nitrogens with one attached hydrogen (secondary N) is 1. The van der Waals surface area contributed by atoms with Gasteiger partial charge in [0.05, 0.1) is 11.8 Å². The van der Waals surface area contributed by atoms with Crippen LogP contribution >= 0.6 is 0 Å². The Morgan fingerprint density at radius 2 is 1.77 bits per heavy atom. The molecule has 2 rings (SSSR count). The molecule has 0 aromatic heterocycles. The lowest BCUT2D eigenvalue weighted by Crippen LogP contribution is -2.64. The standard InChI is InChI=1S/C15H22FN3O5S2/c1-14(2)15(3,4)26(22,23)19-13(24-14)18-12(9-25(17,20)21)10-5-7-11(16)8-6-10/h5-8,12H,9H2,1-4H3,(H,18,19)(H2,17,20,21)/t12-/m0/s1. The van der Waals surface area contributed by atoms with E-state index < -0.39 is 48.0 Å². The molecule has 0 amide bonds. The van der Waals surface area contributed by atoms with Crippen LogP contribution in [0.15, 0.2) is 29.3 Å². The summed E-state index contributed by atoms with van der Waals surface area (Å²) in [6.07, 6.45) is 0. The Balaban J connectivity index is 2.48. The number of amidine groups is 1. The summed E-state index contributed by atoms with van der Waals surface area (Å²) in [7, 11) is -7.79. The summed E-state index contributed by atoms with van der Waals surface area (Å²) in [4.78, 5) is 4.10. The maximum atomic E-state index is 13.1. The summed E-state index contributed by atoms with van der Waals surface area (Å²) in [5.74, 6) is -1.11. The molecule has 11 heteroatoms. The van der Waals surface area contributed by atoms with Crippen LogP contribution in [0.3, 0.4) is 0 Å². The van der Waals surface area contributed by atoms with Crippen molar-refractivity contribution in [2.24, 2.45) is 10.1 Å². The molecule has 0 radical (unpaired) electrons. The molecule has 1 aliphatic heterocycles. The predicted molar refractivity (Wildman–Crippen MR) is 95.8 cm³/mol. The van der Waals surface area contributed by atoms with Crippen LogP contribution in [-0.2, 0) is 24.8 Å². The molecule has 0 unspecified atom stereocenters. The number of sulfonamides is 2. The van der Waals surface area contributed by atoms with Gasteiger partial charge in [-0.25, -0.2) is 36.1 Å². The molecular formula is C15H22FN3O5S2. The van der Waals surface area contributed by atoms with Gasteiger partial charge < -0.3 is 4.74 Å². The monoisotopic (exact) mass is 407 g/mol. The first kappa shape index (κ1) is 20.6. The number of hydrogen-bond donors (Lipinski definition) is 2. The molecule has 0 spiro atoms. The van der Waals surface area contributed by atoms with Crippen molar-refractivity contribution in [1.82, 2.24) is 4.72 Å². The number of nitrogens with zero attached hydrogens (tertiary/aromatic N) is 1. The zero-order valence-electron chi connectivity index (χ0n) is 14.9. The van der Waals surface area contributed by atoms with Crippen LogP contribution in [0.1, 0.15) is 39.3 Å². The second-order valence-electron chi connectivity index (χ2n) is 7.06. The van der Waals surface area contributed by atoms with E-state index in [1.54, 1.807) is 13.8 Å². The van der Waals surface area contributed by atoms with E-state index in [1.165, 1.54) is 26.0 Å². The highest BCUT2D eigenvalue weighted by Gasteiger charge is 2.54. The molecule has 1 saturated heterocycles. The van der Waals surface area contributed by atoms with E-state index >= 15 is 0 Å². The normalized spacial score (nSPS) is 23.7. The first-order valence-corrected chi connectivity index (χ1v) is 10.9. The van der Waals surface area contributed by atoms with E-state index in [1.807, 2.05) is 0 Å². The van der Waals surface area contributed by atoms with Crippen LogP contribution in [0.2, 0.25) is 0 Å². The number of benzene rings is 1. The van der Waals surface area contributed by atoms with Crippen molar-refractivity contribution in [1.29, 1.82) is 0 Å². The highest BCUT2D eigenvalue weighted by molar-refractivity contribution is 7.91. The molecule has 0 aliphatic carbocycles. The van der Waals surface area contributed by atoms with E-state index in [4.69, 9.17) is 9.88 Å². The van der Waals surface area contributed by atoms with E-state index in [0.29, 0.717) is 5.56 Å². The summed E-state index contributed by atoms with van der Waals surface area (Å²) in [6, 6.07) is 3.58. The second-order valence-corrected chi connectivity index (χ2v) is 10.9. The minimum absolute atomic E-state index is 0.340. The molecule has 0 saturated carbocycles. The first-order valence-electron chi connectivity index (χ1n) is 7.70. The summed E-state index contributed by atoms with van der Waals surface area (Å²) in [5.41, 5.74) is -0.788. The van der Waals surface area contributed by atoms with Gasteiger partial charge in [-0.15, -0.1) is 0 Å². The Labute approximate surface area is 152 Å². The van der Waals surface area contributed by atoms with Crippen molar-refractivity contribution in [3.05, 3.63) is 35.6 Å². The van der Waals surface area contributed by atoms with Crippen LogP contribution in [-0.4, -0.2) is 39.0 Å². The number of halogens is 1. The summed E-state index contributed by atoms with van der Waals surface area (Å²) < 4.78 is 67.9. The average molecular weight is 407 g/mol. The zero-order chi connectivity index (χ0) is 20.0. The van der Waals surface area contributed by atoms with Gasteiger partial charge in [0, 0.05) is 0 Å². The number of aliphatic imine (C=N–C) groups is 1. The minimum atomic E-state index is -3.95. The highest BCUT2D eigenvalue weighted by Crippen LogP contribution is 2.36. The minimum Gasteiger partial charge on any atom is -0.457 e. The second kappa shape index (κ2) is 6.46. The summed E-state index contributed by atoms with van der Waals surface area (Å²) >= 11 is 0. The van der Waals surface area contributed by atoms with Gasteiger partial charge in [0.15, 0.2) is 0 Å². The smallest absolute Gasteiger partial charge is 0.299 e. The topological polar surface area (TPSA) is 128 Å². The zero-order valence-corrected chi connectivity index (χ0v) is 16.5. The highest BCUT2D eigenvalue weighted by atomic mass is 32.2. The molecule has 1 aromatic rings. The Morgan fingerprint density at radius 3 is 2.23 bits per heavy atom. The predicted octanol–water partition coefficient (Wildman–Crippen LogP) is 1.02. The van der Waals surface area contributed by atoms with Gasteiger partial charge in [-0.3, -0.25) is 0 Å². The lowest BCUT2D eigenvalue weighted by molar-refractivity contribution is 0.0465. The third-order valence-corrected chi connectivity index (χ3v) is 7.67. The number of primary sulfonamides is 1. The van der Waals surface area contributed by atoms with Crippen LogP contribution in [0.25, 0.3) is 0 Å². The van der Waals surface area contributed by atoms with Gasteiger partial charge in [0.25, 0.3) is 6.02 Å². The van der Waals surface area contributed by atoms with E-state index in [2.05, 4.69) is 9.71 Å². The summed E-state index contributed by atoms with van der Waals surface area (Å²) in [5, 5.41) is 5.11. The van der Waals surface area contributed by atoms with E-state index in [0.717, 1.165) is 12.1 Å². The Hall–Kier alpha value is -1.72. The lowest BCUT2D eigenvalue weighted by Gasteiger charge is -2.44. The van der Waals surface area contributed by atoms with Crippen LogP contribution in [0.4, 0.5) is 4.39 Å². The molecule has 0 bridgehead atoms. The van der Waals surface area contributed by atoms with Gasteiger partial charge in [-0.05, 0) is 45.4 Å². The fraction of sp³-hybridized carbons (Fsp3) is 0.533. The number of rotatable bonds is 4. The van der Waals surface area contributed by atoms with Gasteiger partial charge in [0.2, 0.25) is 20.0 Å². The molecule has 3 N–H and O–H groups in total. The van der Waals surface area contributed by atoms with Gasteiger partial charge in [0.1, 0.15) is 16.2 Å². The van der Waals surface area contributed by atoms with Gasteiger partial charge in [-0.1, -0.05) is 12.1 Å². The molecule has 1 fully saturated rings. The molecule has 8 nitrogen and oxygen atoms in total. The molecule has 1 heterocycles. The van der Waals surface area contributed by atoms with Crippen molar-refractivity contribution < 1.29 is 26.0 Å². The Bertz CT molecular complexity index is 923. The molecule has 26 heavy (non-hydrogen) atoms. The fourth-order valence-electron chi connectivity index (χ4n) is 2.26. The van der Waals surface area contributed by atoms with E-state index in [-0.39, 0.29) is 6.02 Å². The van der Waals surface area contributed by atoms with Crippen LogP contribution in [0.5, 0.6) is 0 Å². The number of ether oxygens (including phenoxy) is 1. The third-order valence-electron chi connectivity index (χ3n) is 4.61. The maximum absolute atomic E-state index is 13.1. The average Bonchev–Trinajstić information content (AvgIpc) is 2.43. The molecule has 146 valence electrons. The van der Waals surface area contributed by atoms with Crippen molar-refractivity contribution in [2.45, 2.75) is 44.1 Å². The maximum Gasteiger partial charge on any atom is 0.299 e. The summed E-state index contributed by atoms with van der Waals surface area (Å²) in [6.45, 7) is 6.20. The van der Waals surface area contributed by atoms with Crippen LogP contribution < -0.4 is 9.86 Å². The largest absolute Gasteiger partial charge is 0.457 e. The van der Waals surface area contributed by atoms with Gasteiger partial charge >= 0.3 is 0 Å². The Morgan fingerprint density at radius 1 is 1.23 bits per heavy atom. The van der Waals surface area contributed by atoms with Crippen molar-refractivity contribution in [3.63, 3.8) is 0 Å².